The third kappa shape index (κ3) is 1.08. The second-order valence-corrected chi connectivity index (χ2v) is 2.55. The van der Waals surface area contributed by atoms with Crippen molar-refractivity contribution in [2.45, 2.75) is 32.3 Å². The van der Waals surface area contributed by atoms with Gasteiger partial charge in [-0.15, -0.1) is 0 Å². The molecule has 0 bridgehead atoms. The van der Waals surface area contributed by atoms with Crippen molar-refractivity contribution < 1.29 is 14.3 Å². The Morgan fingerprint density at radius 3 is 2.09 bits per heavy atom. The van der Waals surface area contributed by atoms with Gasteiger partial charge in [0.05, 0.1) is 0 Å². The minimum Gasteiger partial charge on any atom is -0.433 e. The molecule has 0 aromatic heterocycles. The fraction of sp³-hybridized carbons (Fsp3) is 0.714. The average molecular weight is 157 g/mol. The third-order valence-corrected chi connectivity index (χ3v) is 2.06. The van der Waals surface area contributed by atoms with Gasteiger partial charge >= 0.3 is 6.09 Å². The van der Waals surface area contributed by atoms with Crippen molar-refractivity contribution >= 4 is 12.0 Å². The normalized spacial score (nSPS) is 21.3. The van der Waals surface area contributed by atoms with Crippen molar-refractivity contribution in [1.82, 2.24) is 5.32 Å². The Morgan fingerprint density at radius 1 is 1.36 bits per heavy atom. The zero-order valence-corrected chi connectivity index (χ0v) is 6.64. The molecule has 11 heavy (non-hydrogen) atoms. The molecule has 1 aliphatic heterocycles. The number of carbonyl (C=O) groups excluding carboxylic acids is 2. The van der Waals surface area contributed by atoms with Gasteiger partial charge in [0, 0.05) is 0 Å². The van der Waals surface area contributed by atoms with E-state index in [0.717, 1.165) is 0 Å². The number of hydrogen-bond acceptors (Lipinski definition) is 3. The Bertz CT molecular complexity index is 196. The standard InChI is InChI=1S/C7H11NO3/c1-3-7(4-2)5(9)8-6(10)11-7/h3-4H2,1-2H3,(H,8,9,10). The lowest BCUT2D eigenvalue weighted by Gasteiger charge is -2.19. The second-order valence-electron chi connectivity index (χ2n) is 2.55. The van der Waals surface area contributed by atoms with Gasteiger partial charge in [-0.3, -0.25) is 10.1 Å². The maximum atomic E-state index is 11.1. The SMILES string of the molecule is CCC1(CC)OC(=O)NC1=O. The number of imide groups is 1. The number of amides is 2. The van der Waals surface area contributed by atoms with Crippen LogP contribution in [-0.2, 0) is 9.53 Å². The molecule has 0 atom stereocenters. The Morgan fingerprint density at radius 2 is 1.91 bits per heavy atom. The van der Waals surface area contributed by atoms with Crippen LogP contribution in [0.15, 0.2) is 0 Å². The van der Waals surface area contributed by atoms with Crippen LogP contribution >= 0.6 is 0 Å². The van der Waals surface area contributed by atoms with Crippen LogP contribution in [0.5, 0.6) is 0 Å². The fourth-order valence-corrected chi connectivity index (χ4v) is 1.17. The summed E-state index contributed by atoms with van der Waals surface area (Å²) in [5.74, 6) is -0.312. The van der Waals surface area contributed by atoms with Crippen molar-refractivity contribution in [3.8, 4) is 0 Å². The fourth-order valence-electron chi connectivity index (χ4n) is 1.17. The number of carbonyl (C=O) groups is 2. The molecule has 1 N–H and O–H groups in total. The minimum absolute atomic E-state index is 0.312. The number of cyclic esters (lactones) is 1. The summed E-state index contributed by atoms with van der Waals surface area (Å²) in [6, 6.07) is 0. The highest BCUT2D eigenvalue weighted by atomic mass is 16.6. The lowest BCUT2D eigenvalue weighted by Crippen LogP contribution is -2.37. The molecule has 1 rings (SSSR count). The monoisotopic (exact) mass is 157 g/mol. The maximum absolute atomic E-state index is 11.1. The Labute approximate surface area is 64.9 Å². The molecule has 4 heteroatoms. The Hall–Kier alpha value is -1.06. The van der Waals surface area contributed by atoms with E-state index in [4.69, 9.17) is 4.74 Å². The molecule has 0 unspecified atom stereocenters. The van der Waals surface area contributed by atoms with Gasteiger partial charge in [-0.25, -0.2) is 4.79 Å². The van der Waals surface area contributed by atoms with E-state index in [1.807, 2.05) is 13.8 Å². The van der Waals surface area contributed by atoms with Crippen molar-refractivity contribution in [2.24, 2.45) is 0 Å². The molecule has 1 fully saturated rings. The quantitative estimate of drug-likeness (QED) is 0.645. The molecule has 0 spiro atoms. The number of nitrogens with one attached hydrogen (secondary N) is 1. The first-order chi connectivity index (χ1) is 5.14. The zero-order chi connectivity index (χ0) is 8.48. The second kappa shape index (κ2) is 2.53. The van der Waals surface area contributed by atoms with E-state index >= 15 is 0 Å². The molecule has 0 aliphatic carbocycles. The summed E-state index contributed by atoms with van der Waals surface area (Å²) in [7, 11) is 0. The Balaban J connectivity index is 2.84. The van der Waals surface area contributed by atoms with Crippen molar-refractivity contribution in [3.05, 3.63) is 0 Å². The van der Waals surface area contributed by atoms with Gasteiger partial charge in [0.2, 0.25) is 0 Å². The van der Waals surface area contributed by atoms with Crippen LogP contribution in [0.25, 0.3) is 0 Å². The molecule has 0 aromatic carbocycles. The molecular weight excluding hydrogens is 146 g/mol. The van der Waals surface area contributed by atoms with E-state index in [0.29, 0.717) is 12.8 Å². The minimum atomic E-state index is -0.892. The van der Waals surface area contributed by atoms with Gasteiger partial charge < -0.3 is 4.74 Å². The number of rotatable bonds is 2. The van der Waals surface area contributed by atoms with Gasteiger partial charge in [-0.1, -0.05) is 13.8 Å². The van der Waals surface area contributed by atoms with Crippen LogP contribution in [-0.4, -0.2) is 17.6 Å². The summed E-state index contributed by atoms with van der Waals surface area (Å²) >= 11 is 0. The average Bonchev–Trinajstić information content (AvgIpc) is 2.27. The third-order valence-electron chi connectivity index (χ3n) is 2.06. The molecule has 62 valence electrons. The van der Waals surface area contributed by atoms with Crippen molar-refractivity contribution in [1.29, 1.82) is 0 Å². The molecule has 0 aromatic rings. The summed E-state index contributed by atoms with van der Waals surface area (Å²) in [6.45, 7) is 3.64. The van der Waals surface area contributed by atoms with Crippen LogP contribution in [0.1, 0.15) is 26.7 Å². The van der Waals surface area contributed by atoms with E-state index in [9.17, 15) is 9.59 Å². The largest absolute Gasteiger partial charge is 0.433 e. The molecule has 1 aliphatic rings. The zero-order valence-electron chi connectivity index (χ0n) is 6.64. The molecule has 0 radical (unpaired) electrons. The summed E-state index contributed by atoms with van der Waals surface area (Å²) in [6.07, 6.45) is 0.431. The van der Waals surface area contributed by atoms with Crippen LogP contribution in [0.3, 0.4) is 0 Å². The van der Waals surface area contributed by atoms with Crippen LogP contribution < -0.4 is 5.32 Å². The Kier molecular flexibility index (Phi) is 1.85. The van der Waals surface area contributed by atoms with Crippen LogP contribution in [0.2, 0.25) is 0 Å². The first-order valence-electron chi connectivity index (χ1n) is 3.69. The van der Waals surface area contributed by atoms with E-state index in [1.54, 1.807) is 0 Å². The predicted octanol–water partition coefficient (Wildman–Crippen LogP) is 0.812. The first-order valence-corrected chi connectivity index (χ1v) is 3.69. The lowest BCUT2D eigenvalue weighted by atomic mass is 9.97. The van der Waals surface area contributed by atoms with Gasteiger partial charge in [0.15, 0.2) is 5.60 Å². The van der Waals surface area contributed by atoms with E-state index in [-0.39, 0.29) is 5.91 Å². The van der Waals surface area contributed by atoms with Crippen LogP contribution in [0.4, 0.5) is 4.79 Å². The molecule has 2 amide bonds. The maximum Gasteiger partial charge on any atom is 0.415 e. The number of hydrogen-bond donors (Lipinski definition) is 1. The molecular formula is C7H11NO3. The van der Waals surface area contributed by atoms with Gasteiger partial charge in [0.25, 0.3) is 5.91 Å². The predicted molar refractivity (Wildman–Crippen MR) is 37.9 cm³/mol. The summed E-state index contributed by atoms with van der Waals surface area (Å²) in [5.41, 5.74) is -0.892. The lowest BCUT2D eigenvalue weighted by molar-refractivity contribution is -0.131. The molecule has 1 heterocycles. The number of alkyl carbamates (subject to hydrolysis) is 1. The summed E-state index contributed by atoms with van der Waals surface area (Å²) in [4.78, 5) is 21.7. The molecule has 1 saturated heterocycles. The van der Waals surface area contributed by atoms with E-state index in [2.05, 4.69) is 5.32 Å². The summed E-state index contributed by atoms with van der Waals surface area (Å²) < 4.78 is 4.86. The van der Waals surface area contributed by atoms with Crippen molar-refractivity contribution in [2.75, 3.05) is 0 Å². The van der Waals surface area contributed by atoms with Gasteiger partial charge in [-0.2, -0.15) is 0 Å². The van der Waals surface area contributed by atoms with Crippen LogP contribution in [0, 0.1) is 0 Å². The molecule has 0 saturated carbocycles. The first kappa shape index (κ1) is 8.04. The van der Waals surface area contributed by atoms with Gasteiger partial charge in [-0.05, 0) is 12.8 Å². The molecule has 4 nitrogen and oxygen atoms in total. The highest BCUT2D eigenvalue weighted by Gasteiger charge is 2.45. The topological polar surface area (TPSA) is 55.4 Å². The number of ether oxygens (including phenoxy) is 1. The van der Waals surface area contributed by atoms with Gasteiger partial charge in [0.1, 0.15) is 0 Å². The van der Waals surface area contributed by atoms with E-state index in [1.165, 1.54) is 0 Å². The highest BCUT2D eigenvalue weighted by molar-refractivity contribution is 6.02. The smallest absolute Gasteiger partial charge is 0.415 e. The summed E-state index contributed by atoms with van der Waals surface area (Å²) in [5, 5.41) is 2.11. The highest BCUT2D eigenvalue weighted by Crippen LogP contribution is 2.24. The van der Waals surface area contributed by atoms with E-state index < -0.39 is 11.7 Å². The van der Waals surface area contributed by atoms with Crippen molar-refractivity contribution in [3.63, 3.8) is 0 Å².